The summed E-state index contributed by atoms with van der Waals surface area (Å²) in [5.41, 5.74) is 1.16. The second kappa shape index (κ2) is 10.5. The first-order valence-corrected chi connectivity index (χ1v) is 11.5. The molecule has 8 heteroatoms. The van der Waals surface area contributed by atoms with Crippen LogP contribution in [0, 0.1) is 0 Å². The van der Waals surface area contributed by atoms with Crippen LogP contribution in [0.15, 0.2) is 29.3 Å². The minimum atomic E-state index is 0.364. The molecule has 2 aliphatic heterocycles. The maximum atomic E-state index is 5.52. The number of rotatable bonds is 7. The Morgan fingerprint density at radius 2 is 2.10 bits per heavy atom. The number of nitrogens with one attached hydrogen (secondary N) is 2. The van der Waals surface area contributed by atoms with Gasteiger partial charge in [0.15, 0.2) is 5.96 Å². The van der Waals surface area contributed by atoms with Gasteiger partial charge in [-0.1, -0.05) is 18.6 Å². The molecule has 0 spiro atoms. The topological polar surface area (TPSA) is 79.6 Å². The third kappa shape index (κ3) is 5.29. The number of benzene rings is 1. The number of methoxy groups -OCH3 is 1. The van der Waals surface area contributed by atoms with Crippen molar-refractivity contribution in [2.45, 2.75) is 57.5 Å². The maximum Gasteiger partial charge on any atom is 0.191 e. The lowest BCUT2D eigenvalue weighted by atomic mass is 10.2. The maximum absolute atomic E-state index is 5.52. The number of nitrogens with zero attached hydrogens (tertiary/aromatic N) is 5. The van der Waals surface area contributed by atoms with E-state index in [1.54, 1.807) is 7.11 Å². The number of hydrogen-bond donors (Lipinski definition) is 2. The summed E-state index contributed by atoms with van der Waals surface area (Å²) in [5, 5.41) is 15.9. The van der Waals surface area contributed by atoms with E-state index in [4.69, 9.17) is 4.74 Å². The monoisotopic (exact) mass is 425 g/mol. The summed E-state index contributed by atoms with van der Waals surface area (Å²) < 4.78 is 7.86. The molecule has 1 atom stereocenters. The molecule has 0 bridgehead atoms. The van der Waals surface area contributed by atoms with Crippen LogP contribution in [0.1, 0.15) is 43.8 Å². The molecule has 2 aliphatic rings. The number of para-hydroxylation sites is 2. The van der Waals surface area contributed by atoms with Gasteiger partial charge < -0.3 is 24.8 Å². The van der Waals surface area contributed by atoms with Gasteiger partial charge in [0, 0.05) is 52.1 Å². The fraction of sp³-hybridized carbons (Fsp3) is 0.609. The summed E-state index contributed by atoms with van der Waals surface area (Å²) in [6.07, 6.45) is 7.86. The van der Waals surface area contributed by atoms with Crippen LogP contribution in [0.5, 0.6) is 5.75 Å². The fourth-order valence-corrected chi connectivity index (χ4v) is 4.56. The lowest BCUT2D eigenvalue weighted by Gasteiger charge is -2.22. The molecule has 0 aliphatic carbocycles. The first-order valence-electron chi connectivity index (χ1n) is 11.5. The predicted molar refractivity (Wildman–Crippen MR) is 124 cm³/mol. The molecule has 0 radical (unpaired) electrons. The van der Waals surface area contributed by atoms with Crippen molar-refractivity contribution in [3.8, 4) is 5.75 Å². The molecule has 2 aromatic rings. The van der Waals surface area contributed by atoms with Gasteiger partial charge in [-0.3, -0.25) is 4.99 Å². The molecule has 0 saturated carbocycles. The summed E-state index contributed by atoms with van der Waals surface area (Å²) in [6, 6.07) is 8.58. The van der Waals surface area contributed by atoms with Crippen molar-refractivity contribution in [1.82, 2.24) is 25.4 Å². The lowest BCUT2D eigenvalue weighted by molar-refractivity contribution is 0.415. The van der Waals surface area contributed by atoms with Crippen LogP contribution in [-0.2, 0) is 19.4 Å². The average Bonchev–Trinajstić information content (AvgIpc) is 3.35. The average molecular weight is 426 g/mol. The standard InChI is InChI=1S/C23H35N7O/c1-24-23(25-14-8-12-22-28-27-21-11-4-3-7-15-30(21)22)26-18-13-16-29(17-18)19-9-5-6-10-20(19)31-2/h5-6,9-10,18H,3-4,7-8,11-17H2,1-2H3,(H2,24,25,26). The molecular weight excluding hydrogens is 390 g/mol. The number of anilines is 1. The van der Waals surface area contributed by atoms with Gasteiger partial charge in [0.25, 0.3) is 0 Å². The van der Waals surface area contributed by atoms with Crippen LogP contribution in [-0.4, -0.2) is 60.6 Å². The van der Waals surface area contributed by atoms with E-state index in [0.29, 0.717) is 6.04 Å². The van der Waals surface area contributed by atoms with Crippen molar-refractivity contribution in [2.24, 2.45) is 4.99 Å². The highest BCUT2D eigenvalue weighted by Crippen LogP contribution is 2.30. The number of hydrogen-bond acceptors (Lipinski definition) is 5. The SMILES string of the molecule is CN=C(NCCCc1nnc2n1CCCCC2)NC1CCN(c2ccccc2OC)C1. The summed E-state index contributed by atoms with van der Waals surface area (Å²) in [7, 11) is 3.56. The molecular formula is C23H35N7O. The Balaban J connectivity index is 1.22. The molecule has 1 aromatic carbocycles. The Kier molecular flexibility index (Phi) is 7.27. The Labute approximate surface area is 185 Å². The fourth-order valence-electron chi connectivity index (χ4n) is 4.56. The molecule has 3 heterocycles. The first-order chi connectivity index (χ1) is 15.3. The molecule has 2 N–H and O–H groups in total. The number of ether oxygens (including phenoxy) is 1. The van der Waals surface area contributed by atoms with Crippen molar-refractivity contribution in [3.05, 3.63) is 35.9 Å². The van der Waals surface area contributed by atoms with Crippen LogP contribution < -0.4 is 20.3 Å². The van der Waals surface area contributed by atoms with Crippen LogP contribution in [0.4, 0.5) is 5.69 Å². The van der Waals surface area contributed by atoms with Gasteiger partial charge >= 0.3 is 0 Å². The summed E-state index contributed by atoms with van der Waals surface area (Å²) >= 11 is 0. The van der Waals surface area contributed by atoms with Crippen LogP contribution in [0.3, 0.4) is 0 Å². The molecule has 168 valence electrons. The Morgan fingerprint density at radius 3 is 2.97 bits per heavy atom. The second-order valence-electron chi connectivity index (χ2n) is 8.35. The van der Waals surface area contributed by atoms with Gasteiger partial charge in [-0.15, -0.1) is 10.2 Å². The van der Waals surface area contributed by atoms with Gasteiger partial charge in [-0.25, -0.2) is 0 Å². The van der Waals surface area contributed by atoms with E-state index in [9.17, 15) is 0 Å². The quantitative estimate of drug-likeness (QED) is 0.403. The first kappa shape index (κ1) is 21.5. The zero-order valence-electron chi connectivity index (χ0n) is 18.8. The molecule has 1 unspecified atom stereocenters. The molecule has 1 fully saturated rings. The second-order valence-corrected chi connectivity index (χ2v) is 8.35. The third-order valence-corrected chi connectivity index (χ3v) is 6.23. The molecule has 8 nitrogen and oxygen atoms in total. The Hall–Kier alpha value is -2.77. The number of guanidine groups is 1. The van der Waals surface area contributed by atoms with Crippen molar-refractivity contribution in [2.75, 3.05) is 38.7 Å². The van der Waals surface area contributed by atoms with E-state index in [0.717, 1.165) is 75.1 Å². The largest absolute Gasteiger partial charge is 0.495 e. The summed E-state index contributed by atoms with van der Waals surface area (Å²) in [6.45, 7) is 3.88. The summed E-state index contributed by atoms with van der Waals surface area (Å²) in [4.78, 5) is 6.79. The van der Waals surface area contributed by atoms with Crippen molar-refractivity contribution in [1.29, 1.82) is 0 Å². The van der Waals surface area contributed by atoms with Gasteiger partial charge in [-0.2, -0.15) is 0 Å². The van der Waals surface area contributed by atoms with E-state index < -0.39 is 0 Å². The minimum absolute atomic E-state index is 0.364. The molecule has 31 heavy (non-hydrogen) atoms. The van der Waals surface area contributed by atoms with E-state index in [-0.39, 0.29) is 0 Å². The molecule has 1 saturated heterocycles. The lowest BCUT2D eigenvalue weighted by Crippen LogP contribution is -2.45. The summed E-state index contributed by atoms with van der Waals surface area (Å²) in [5.74, 6) is 4.09. The van der Waals surface area contributed by atoms with Crippen LogP contribution >= 0.6 is 0 Å². The molecule has 0 amide bonds. The van der Waals surface area contributed by atoms with Crippen molar-refractivity contribution < 1.29 is 4.74 Å². The normalized spacial score (nSPS) is 19.1. The highest BCUT2D eigenvalue weighted by Gasteiger charge is 2.25. The highest BCUT2D eigenvalue weighted by atomic mass is 16.5. The van der Waals surface area contributed by atoms with E-state index >= 15 is 0 Å². The predicted octanol–water partition coefficient (Wildman–Crippen LogP) is 2.39. The van der Waals surface area contributed by atoms with Crippen LogP contribution in [0.2, 0.25) is 0 Å². The van der Waals surface area contributed by atoms with E-state index in [2.05, 4.69) is 47.4 Å². The van der Waals surface area contributed by atoms with Gasteiger partial charge in [-0.05, 0) is 37.8 Å². The number of aromatic nitrogens is 3. The third-order valence-electron chi connectivity index (χ3n) is 6.23. The Morgan fingerprint density at radius 1 is 1.19 bits per heavy atom. The van der Waals surface area contributed by atoms with E-state index in [1.807, 2.05) is 19.2 Å². The van der Waals surface area contributed by atoms with E-state index in [1.165, 1.54) is 25.1 Å². The number of aryl methyl sites for hydroxylation is 2. The zero-order chi connectivity index (χ0) is 21.5. The number of aliphatic imine (C=N–C) groups is 1. The van der Waals surface area contributed by atoms with Gasteiger partial charge in [0.05, 0.1) is 12.8 Å². The van der Waals surface area contributed by atoms with Crippen molar-refractivity contribution >= 4 is 11.6 Å². The number of fused-ring (bicyclic) bond motifs is 1. The molecule has 1 aromatic heterocycles. The smallest absolute Gasteiger partial charge is 0.191 e. The van der Waals surface area contributed by atoms with Crippen LogP contribution in [0.25, 0.3) is 0 Å². The molecule has 4 rings (SSSR count). The van der Waals surface area contributed by atoms with Gasteiger partial charge in [0.1, 0.15) is 17.4 Å². The Bertz CT molecular complexity index is 879. The highest BCUT2D eigenvalue weighted by molar-refractivity contribution is 5.80. The minimum Gasteiger partial charge on any atom is -0.495 e. The van der Waals surface area contributed by atoms with Gasteiger partial charge in [0.2, 0.25) is 0 Å². The zero-order valence-corrected chi connectivity index (χ0v) is 18.8. The van der Waals surface area contributed by atoms with Crippen molar-refractivity contribution in [3.63, 3.8) is 0 Å².